The highest BCUT2D eigenvalue weighted by Gasteiger charge is 2.15. The first-order valence-electron chi connectivity index (χ1n) is 8.35. The fourth-order valence-electron chi connectivity index (χ4n) is 2.44. The Labute approximate surface area is 174 Å². The van der Waals surface area contributed by atoms with Gasteiger partial charge < -0.3 is 10.6 Å². The van der Waals surface area contributed by atoms with Crippen LogP contribution in [0, 0.1) is 6.92 Å². The molecule has 3 aromatic carbocycles. The number of para-hydroxylation sites is 1. The van der Waals surface area contributed by atoms with E-state index in [0.717, 1.165) is 11.3 Å². The number of hydrogen-bond donors (Lipinski definition) is 3. The van der Waals surface area contributed by atoms with Crippen molar-refractivity contribution in [3.05, 3.63) is 83.4 Å². The average Bonchev–Trinajstić information content (AvgIpc) is 2.66. The fourth-order valence-corrected chi connectivity index (χ4v) is 3.97. The number of anilines is 3. The van der Waals surface area contributed by atoms with Gasteiger partial charge in [-0.15, -0.1) is 0 Å². The van der Waals surface area contributed by atoms with Crippen molar-refractivity contribution in [2.24, 2.45) is 0 Å². The highest BCUT2D eigenvalue weighted by Crippen LogP contribution is 2.24. The first kappa shape index (κ1) is 20.1. The summed E-state index contributed by atoms with van der Waals surface area (Å²) in [4.78, 5) is 0.138. The van der Waals surface area contributed by atoms with E-state index >= 15 is 0 Å². The average molecular weight is 432 g/mol. The van der Waals surface area contributed by atoms with Crippen LogP contribution < -0.4 is 15.4 Å². The molecule has 5 nitrogen and oxygen atoms in total. The second-order valence-electron chi connectivity index (χ2n) is 6.03. The van der Waals surface area contributed by atoms with Crippen LogP contribution in [0.3, 0.4) is 0 Å². The molecule has 3 rings (SSSR count). The molecule has 0 unspecified atom stereocenters. The van der Waals surface area contributed by atoms with Crippen LogP contribution in [0.15, 0.2) is 77.7 Å². The van der Waals surface area contributed by atoms with Crippen LogP contribution in [0.1, 0.15) is 5.56 Å². The maximum Gasteiger partial charge on any atom is 0.261 e. The van der Waals surface area contributed by atoms with E-state index < -0.39 is 10.0 Å². The van der Waals surface area contributed by atoms with Gasteiger partial charge >= 0.3 is 0 Å². The normalized spacial score (nSPS) is 10.9. The second kappa shape index (κ2) is 8.60. The predicted molar refractivity (Wildman–Crippen MR) is 120 cm³/mol. The maximum atomic E-state index is 12.6. The molecule has 0 aliphatic rings. The van der Waals surface area contributed by atoms with Gasteiger partial charge in [0.15, 0.2) is 5.11 Å². The van der Waals surface area contributed by atoms with Crippen molar-refractivity contribution >= 4 is 56.0 Å². The van der Waals surface area contributed by atoms with Crippen molar-refractivity contribution in [3.8, 4) is 0 Å². The zero-order chi connectivity index (χ0) is 20.1. The van der Waals surface area contributed by atoms with Gasteiger partial charge in [-0.25, -0.2) is 8.42 Å². The van der Waals surface area contributed by atoms with Crippen LogP contribution >= 0.6 is 23.8 Å². The fraction of sp³-hybridized carbons (Fsp3) is 0.0500. The van der Waals surface area contributed by atoms with Crippen LogP contribution in [-0.4, -0.2) is 13.5 Å². The lowest BCUT2D eigenvalue weighted by Crippen LogP contribution is -2.19. The molecular weight excluding hydrogens is 414 g/mol. The number of thiocarbonyl (C=S) groups is 1. The summed E-state index contributed by atoms with van der Waals surface area (Å²) in [6.45, 7) is 1.81. The molecule has 144 valence electrons. The van der Waals surface area contributed by atoms with Crippen molar-refractivity contribution in [2.75, 3.05) is 15.4 Å². The van der Waals surface area contributed by atoms with Gasteiger partial charge in [0.2, 0.25) is 0 Å². The summed E-state index contributed by atoms with van der Waals surface area (Å²) in [5, 5.41) is 6.95. The largest absolute Gasteiger partial charge is 0.332 e. The Balaban J connectivity index is 1.69. The summed E-state index contributed by atoms with van der Waals surface area (Å²) in [6.07, 6.45) is 0. The quantitative estimate of drug-likeness (QED) is 0.481. The molecule has 0 bridgehead atoms. The van der Waals surface area contributed by atoms with E-state index in [0.29, 0.717) is 21.5 Å². The number of sulfonamides is 1. The van der Waals surface area contributed by atoms with Crippen LogP contribution in [0.25, 0.3) is 0 Å². The minimum absolute atomic E-state index is 0.138. The third-order valence-electron chi connectivity index (χ3n) is 3.90. The van der Waals surface area contributed by atoms with Crippen LogP contribution in [0.5, 0.6) is 0 Å². The van der Waals surface area contributed by atoms with Crippen molar-refractivity contribution in [3.63, 3.8) is 0 Å². The minimum atomic E-state index is -3.73. The Kier molecular flexibility index (Phi) is 6.18. The highest BCUT2D eigenvalue weighted by molar-refractivity contribution is 7.92. The molecule has 0 saturated carbocycles. The summed E-state index contributed by atoms with van der Waals surface area (Å²) in [7, 11) is -3.73. The van der Waals surface area contributed by atoms with Crippen LogP contribution in [-0.2, 0) is 10.0 Å². The van der Waals surface area contributed by atoms with Crippen molar-refractivity contribution in [2.45, 2.75) is 11.8 Å². The number of nitrogens with one attached hydrogen (secondary N) is 3. The van der Waals surface area contributed by atoms with Gasteiger partial charge in [-0.05, 0) is 73.2 Å². The van der Waals surface area contributed by atoms with Gasteiger partial charge in [-0.1, -0.05) is 35.9 Å². The number of rotatable bonds is 5. The van der Waals surface area contributed by atoms with E-state index in [9.17, 15) is 8.42 Å². The van der Waals surface area contributed by atoms with Crippen LogP contribution in [0.4, 0.5) is 17.1 Å². The lowest BCUT2D eigenvalue weighted by molar-refractivity contribution is 0.601. The Bertz CT molecular complexity index is 1090. The SMILES string of the molecule is Cc1ccc(Cl)cc1NS(=O)(=O)c1ccc(NC(=S)Nc2ccccc2)cc1. The summed E-state index contributed by atoms with van der Waals surface area (Å²) in [5.74, 6) is 0. The molecule has 8 heteroatoms. The number of aryl methyl sites for hydroxylation is 1. The zero-order valence-electron chi connectivity index (χ0n) is 14.9. The standard InChI is InChI=1S/C20H18ClN3O2S2/c1-14-7-8-15(21)13-19(14)24-28(25,26)18-11-9-17(10-12-18)23-20(27)22-16-5-3-2-4-6-16/h2-13,24H,1H3,(H2,22,23,27). The first-order valence-corrected chi connectivity index (χ1v) is 10.6. The Morgan fingerprint density at radius 1 is 0.893 bits per heavy atom. The molecule has 0 aromatic heterocycles. The van der Waals surface area contributed by atoms with Gasteiger partial charge in [0, 0.05) is 16.4 Å². The molecule has 0 fully saturated rings. The van der Waals surface area contributed by atoms with Gasteiger partial charge in [0.25, 0.3) is 10.0 Å². The van der Waals surface area contributed by atoms with E-state index in [2.05, 4.69) is 15.4 Å². The van der Waals surface area contributed by atoms with Crippen molar-refractivity contribution in [1.29, 1.82) is 0 Å². The molecule has 3 N–H and O–H groups in total. The summed E-state index contributed by atoms with van der Waals surface area (Å²) in [6, 6.07) is 20.9. The van der Waals surface area contributed by atoms with E-state index in [1.54, 1.807) is 30.3 Å². The molecule has 0 aliphatic carbocycles. The number of benzene rings is 3. The zero-order valence-corrected chi connectivity index (χ0v) is 17.3. The highest BCUT2D eigenvalue weighted by atomic mass is 35.5. The maximum absolute atomic E-state index is 12.6. The Morgan fingerprint density at radius 3 is 2.14 bits per heavy atom. The van der Waals surface area contributed by atoms with E-state index in [4.69, 9.17) is 23.8 Å². The molecule has 0 amide bonds. The first-order chi connectivity index (χ1) is 13.3. The summed E-state index contributed by atoms with van der Waals surface area (Å²) < 4.78 is 27.8. The van der Waals surface area contributed by atoms with Gasteiger partial charge in [-0.2, -0.15) is 0 Å². The second-order valence-corrected chi connectivity index (χ2v) is 8.56. The number of hydrogen-bond acceptors (Lipinski definition) is 3. The monoisotopic (exact) mass is 431 g/mol. The molecule has 0 aliphatic heterocycles. The Morgan fingerprint density at radius 2 is 1.50 bits per heavy atom. The summed E-state index contributed by atoms with van der Waals surface area (Å²) in [5.41, 5.74) is 2.76. The number of halogens is 1. The molecule has 0 heterocycles. The van der Waals surface area contributed by atoms with Gasteiger partial charge in [0.1, 0.15) is 0 Å². The topological polar surface area (TPSA) is 70.2 Å². The molecule has 0 saturated heterocycles. The molecular formula is C20H18ClN3O2S2. The molecule has 0 radical (unpaired) electrons. The van der Waals surface area contributed by atoms with E-state index in [1.807, 2.05) is 37.3 Å². The minimum Gasteiger partial charge on any atom is -0.332 e. The molecule has 0 atom stereocenters. The third kappa shape index (κ3) is 5.22. The predicted octanol–water partition coefficient (Wildman–Crippen LogP) is 5.26. The Hall–Kier alpha value is -2.61. The van der Waals surface area contributed by atoms with Gasteiger partial charge in [-0.3, -0.25) is 4.72 Å². The third-order valence-corrected chi connectivity index (χ3v) is 5.72. The molecule has 3 aromatic rings. The molecule has 0 spiro atoms. The lowest BCUT2D eigenvalue weighted by atomic mass is 10.2. The van der Waals surface area contributed by atoms with Crippen molar-refractivity contribution in [1.82, 2.24) is 0 Å². The smallest absolute Gasteiger partial charge is 0.261 e. The van der Waals surface area contributed by atoms with Gasteiger partial charge in [0.05, 0.1) is 10.6 Å². The lowest BCUT2D eigenvalue weighted by Gasteiger charge is -2.13. The summed E-state index contributed by atoms with van der Waals surface area (Å²) >= 11 is 11.2. The van der Waals surface area contributed by atoms with E-state index in [-0.39, 0.29) is 4.90 Å². The van der Waals surface area contributed by atoms with E-state index in [1.165, 1.54) is 12.1 Å². The van der Waals surface area contributed by atoms with Crippen molar-refractivity contribution < 1.29 is 8.42 Å². The van der Waals surface area contributed by atoms with Crippen LogP contribution in [0.2, 0.25) is 5.02 Å². The molecule has 28 heavy (non-hydrogen) atoms.